The molecule has 0 saturated carbocycles. The fourth-order valence-corrected chi connectivity index (χ4v) is 1.64. The highest BCUT2D eigenvalue weighted by Gasteiger charge is 2.11. The Morgan fingerprint density at radius 3 is 2.87 bits per heavy atom. The molecule has 15 heavy (non-hydrogen) atoms. The van der Waals surface area contributed by atoms with Crippen LogP contribution in [-0.2, 0) is 11.2 Å². The molecule has 0 unspecified atom stereocenters. The number of hydrogen-bond acceptors (Lipinski definition) is 3. The van der Waals surface area contributed by atoms with Crippen LogP contribution >= 0.6 is 24.2 Å². The van der Waals surface area contributed by atoms with E-state index >= 15 is 0 Å². The molecule has 82 valence electrons. The number of halogens is 1. The summed E-state index contributed by atoms with van der Waals surface area (Å²) in [5, 5.41) is 0. The normalized spacial score (nSPS) is 10.1. The van der Waals surface area contributed by atoms with Gasteiger partial charge in [0.15, 0.2) is 5.78 Å². The number of carbonyl (C=O) groups is 1. The van der Waals surface area contributed by atoms with Crippen LogP contribution < -0.4 is 4.74 Å². The topological polar surface area (TPSA) is 26.3 Å². The summed E-state index contributed by atoms with van der Waals surface area (Å²) in [6.45, 7) is 2.47. The largest absolute Gasteiger partial charge is 0.494 e. The maximum Gasteiger partial charge on any atom is 0.152 e. The van der Waals surface area contributed by atoms with Crippen LogP contribution in [0.1, 0.15) is 12.5 Å². The van der Waals surface area contributed by atoms with Gasteiger partial charge in [-0.1, -0.05) is 6.07 Å². The highest BCUT2D eigenvalue weighted by atomic mass is 35.5. The van der Waals surface area contributed by atoms with E-state index in [1.807, 2.05) is 25.1 Å². The SMILES string of the molecule is CCOc1cccc(S)c1CC(=O)CCl. The van der Waals surface area contributed by atoms with Crippen LogP contribution in [0.2, 0.25) is 0 Å². The number of thiol groups is 1. The lowest BCUT2D eigenvalue weighted by Gasteiger charge is -2.11. The van der Waals surface area contributed by atoms with Crippen molar-refractivity contribution < 1.29 is 9.53 Å². The van der Waals surface area contributed by atoms with Crippen LogP contribution in [0.15, 0.2) is 23.1 Å². The molecular weight excluding hydrogens is 232 g/mol. The van der Waals surface area contributed by atoms with Crippen molar-refractivity contribution in [2.45, 2.75) is 18.2 Å². The Labute approximate surface area is 100.0 Å². The Bertz CT molecular complexity index is 352. The first kappa shape index (κ1) is 12.4. The van der Waals surface area contributed by atoms with Crippen molar-refractivity contribution in [2.75, 3.05) is 12.5 Å². The molecule has 0 spiro atoms. The summed E-state index contributed by atoms with van der Waals surface area (Å²) < 4.78 is 5.42. The van der Waals surface area contributed by atoms with Crippen LogP contribution in [0.5, 0.6) is 5.75 Å². The Balaban J connectivity index is 2.96. The maximum absolute atomic E-state index is 11.3. The minimum atomic E-state index is -0.0286. The number of carbonyl (C=O) groups excluding carboxylic acids is 1. The molecule has 1 aromatic carbocycles. The lowest BCUT2D eigenvalue weighted by molar-refractivity contribution is -0.116. The summed E-state index contributed by atoms with van der Waals surface area (Å²) in [4.78, 5) is 12.0. The minimum Gasteiger partial charge on any atom is -0.494 e. The van der Waals surface area contributed by atoms with E-state index in [-0.39, 0.29) is 18.1 Å². The zero-order valence-electron chi connectivity index (χ0n) is 8.50. The second-order valence-electron chi connectivity index (χ2n) is 3.04. The fourth-order valence-electron chi connectivity index (χ4n) is 1.27. The van der Waals surface area contributed by atoms with E-state index in [1.54, 1.807) is 0 Å². The van der Waals surface area contributed by atoms with Gasteiger partial charge in [0.1, 0.15) is 5.75 Å². The van der Waals surface area contributed by atoms with Gasteiger partial charge in [-0.2, -0.15) is 0 Å². The summed E-state index contributed by atoms with van der Waals surface area (Å²) >= 11 is 9.77. The van der Waals surface area contributed by atoms with Crippen molar-refractivity contribution in [1.82, 2.24) is 0 Å². The fraction of sp³-hybridized carbons (Fsp3) is 0.364. The van der Waals surface area contributed by atoms with Crippen molar-refractivity contribution in [3.05, 3.63) is 23.8 Å². The smallest absolute Gasteiger partial charge is 0.152 e. The monoisotopic (exact) mass is 244 g/mol. The van der Waals surface area contributed by atoms with E-state index in [1.165, 1.54) is 0 Å². The Morgan fingerprint density at radius 2 is 2.27 bits per heavy atom. The van der Waals surface area contributed by atoms with Gasteiger partial charge in [-0.15, -0.1) is 24.2 Å². The van der Waals surface area contributed by atoms with Crippen LogP contribution in [0, 0.1) is 0 Å². The maximum atomic E-state index is 11.3. The van der Waals surface area contributed by atoms with E-state index in [0.29, 0.717) is 12.4 Å². The lowest BCUT2D eigenvalue weighted by atomic mass is 10.1. The first-order valence-corrected chi connectivity index (χ1v) is 5.68. The van der Waals surface area contributed by atoms with Crippen molar-refractivity contribution in [2.24, 2.45) is 0 Å². The molecule has 0 atom stereocenters. The number of rotatable bonds is 5. The quantitative estimate of drug-likeness (QED) is 0.637. The molecule has 0 radical (unpaired) electrons. The van der Waals surface area contributed by atoms with Crippen molar-refractivity contribution in [3.8, 4) is 5.75 Å². The second kappa shape index (κ2) is 6.03. The molecule has 0 aromatic heterocycles. The summed E-state index contributed by atoms with van der Waals surface area (Å²) in [6.07, 6.45) is 0.276. The van der Waals surface area contributed by atoms with E-state index < -0.39 is 0 Å². The van der Waals surface area contributed by atoms with Gasteiger partial charge in [-0.05, 0) is 19.1 Å². The van der Waals surface area contributed by atoms with Crippen molar-refractivity contribution in [3.63, 3.8) is 0 Å². The molecule has 0 bridgehead atoms. The predicted octanol–water partition coefficient (Wildman–Crippen LogP) is 2.72. The third-order valence-corrected chi connectivity index (χ3v) is 2.65. The number of ether oxygens (including phenoxy) is 1. The van der Waals surface area contributed by atoms with Gasteiger partial charge < -0.3 is 4.74 Å². The zero-order chi connectivity index (χ0) is 11.3. The summed E-state index contributed by atoms with van der Waals surface area (Å²) in [7, 11) is 0. The first-order valence-electron chi connectivity index (χ1n) is 4.70. The zero-order valence-corrected chi connectivity index (χ0v) is 10.1. The molecule has 4 heteroatoms. The Kier molecular flexibility index (Phi) is 4.99. The summed E-state index contributed by atoms with van der Waals surface area (Å²) in [5.74, 6) is 0.704. The van der Waals surface area contributed by atoms with E-state index in [4.69, 9.17) is 16.3 Å². The van der Waals surface area contributed by atoms with Crippen LogP contribution in [0.25, 0.3) is 0 Å². The summed E-state index contributed by atoms with van der Waals surface area (Å²) in [5.41, 5.74) is 0.813. The number of Topliss-reactive ketones (excluding diaryl/α,β-unsaturated/α-hetero) is 1. The molecule has 0 aliphatic rings. The van der Waals surface area contributed by atoms with Crippen molar-refractivity contribution >= 4 is 30.0 Å². The van der Waals surface area contributed by atoms with E-state index in [0.717, 1.165) is 10.5 Å². The van der Waals surface area contributed by atoms with Gasteiger partial charge in [0, 0.05) is 16.9 Å². The Morgan fingerprint density at radius 1 is 1.53 bits per heavy atom. The van der Waals surface area contributed by atoms with Crippen LogP contribution in [0.3, 0.4) is 0 Å². The highest BCUT2D eigenvalue weighted by molar-refractivity contribution is 7.80. The Hall–Kier alpha value is -0.670. The molecule has 1 rings (SSSR count). The third kappa shape index (κ3) is 3.43. The van der Waals surface area contributed by atoms with Gasteiger partial charge in [-0.3, -0.25) is 4.79 Å². The van der Waals surface area contributed by atoms with Gasteiger partial charge >= 0.3 is 0 Å². The van der Waals surface area contributed by atoms with Gasteiger partial charge in [0.2, 0.25) is 0 Å². The number of ketones is 1. The molecule has 0 amide bonds. The van der Waals surface area contributed by atoms with Crippen LogP contribution in [-0.4, -0.2) is 18.3 Å². The standard InChI is InChI=1S/C11H13ClO2S/c1-2-14-10-4-3-5-11(15)9(10)6-8(13)7-12/h3-5,15H,2,6-7H2,1H3. The van der Waals surface area contributed by atoms with Gasteiger partial charge in [-0.25, -0.2) is 0 Å². The van der Waals surface area contributed by atoms with Crippen LogP contribution in [0.4, 0.5) is 0 Å². The molecule has 0 aliphatic heterocycles. The van der Waals surface area contributed by atoms with Gasteiger partial charge in [0.05, 0.1) is 12.5 Å². The van der Waals surface area contributed by atoms with Gasteiger partial charge in [0.25, 0.3) is 0 Å². The number of benzene rings is 1. The molecule has 0 N–H and O–H groups in total. The average molecular weight is 245 g/mol. The lowest BCUT2D eigenvalue weighted by Crippen LogP contribution is -2.07. The summed E-state index contributed by atoms with van der Waals surface area (Å²) in [6, 6.07) is 5.52. The van der Waals surface area contributed by atoms with E-state index in [9.17, 15) is 4.79 Å². The molecule has 0 saturated heterocycles. The second-order valence-corrected chi connectivity index (χ2v) is 3.78. The molecule has 2 nitrogen and oxygen atoms in total. The molecule has 0 heterocycles. The number of hydrogen-bond donors (Lipinski definition) is 1. The molecular formula is C11H13ClO2S. The van der Waals surface area contributed by atoms with Crippen molar-refractivity contribution in [1.29, 1.82) is 0 Å². The minimum absolute atomic E-state index is 0.0215. The highest BCUT2D eigenvalue weighted by Crippen LogP contribution is 2.26. The predicted molar refractivity (Wildman–Crippen MR) is 64.3 cm³/mol. The third-order valence-electron chi connectivity index (χ3n) is 1.93. The average Bonchev–Trinajstić information content (AvgIpc) is 2.23. The molecule has 0 fully saturated rings. The van der Waals surface area contributed by atoms with E-state index in [2.05, 4.69) is 12.6 Å². The number of alkyl halides is 1. The molecule has 1 aromatic rings. The first-order chi connectivity index (χ1) is 7.19. The molecule has 0 aliphatic carbocycles.